The SMILES string of the molecule is COc1ccc(CN(C)c2ccc(C(C)N)cc2)cc1. The summed E-state index contributed by atoms with van der Waals surface area (Å²) in [6.45, 7) is 2.86. The first-order valence-electron chi connectivity index (χ1n) is 6.80. The molecule has 3 nitrogen and oxygen atoms in total. The lowest BCUT2D eigenvalue weighted by molar-refractivity contribution is 0.414. The van der Waals surface area contributed by atoms with Crippen LogP contribution in [-0.2, 0) is 6.54 Å². The Labute approximate surface area is 121 Å². The third-order valence-corrected chi connectivity index (χ3v) is 3.44. The standard InChI is InChI=1S/C17H22N2O/c1-13(18)15-6-8-16(9-7-15)19(2)12-14-4-10-17(20-3)11-5-14/h4-11,13H,12,18H2,1-3H3. The first-order chi connectivity index (χ1) is 9.60. The Morgan fingerprint density at radius 3 is 2.15 bits per heavy atom. The van der Waals surface area contributed by atoms with Crippen molar-refractivity contribution in [3.8, 4) is 5.75 Å². The molecule has 106 valence electrons. The number of benzene rings is 2. The van der Waals surface area contributed by atoms with Crippen molar-refractivity contribution in [2.24, 2.45) is 5.73 Å². The molecule has 3 heteroatoms. The zero-order valence-electron chi connectivity index (χ0n) is 12.3. The molecule has 0 fully saturated rings. The smallest absolute Gasteiger partial charge is 0.118 e. The summed E-state index contributed by atoms with van der Waals surface area (Å²) in [5, 5.41) is 0. The number of methoxy groups -OCH3 is 1. The second-order valence-electron chi connectivity index (χ2n) is 5.08. The number of hydrogen-bond acceptors (Lipinski definition) is 3. The Hall–Kier alpha value is -2.00. The molecule has 0 radical (unpaired) electrons. The Kier molecular flexibility index (Phi) is 4.64. The van der Waals surface area contributed by atoms with E-state index >= 15 is 0 Å². The summed E-state index contributed by atoms with van der Waals surface area (Å²) >= 11 is 0. The van der Waals surface area contributed by atoms with Crippen LogP contribution in [0.25, 0.3) is 0 Å². The van der Waals surface area contributed by atoms with Gasteiger partial charge in [0.15, 0.2) is 0 Å². The Bertz CT molecular complexity index is 532. The summed E-state index contributed by atoms with van der Waals surface area (Å²) < 4.78 is 5.17. The minimum atomic E-state index is 0.0796. The van der Waals surface area contributed by atoms with Crippen molar-refractivity contribution in [2.75, 3.05) is 19.1 Å². The maximum atomic E-state index is 5.87. The summed E-state index contributed by atoms with van der Waals surface area (Å²) in [5.74, 6) is 0.887. The van der Waals surface area contributed by atoms with Gasteiger partial charge in [0.05, 0.1) is 7.11 Å². The first kappa shape index (κ1) is 14.4. The molecule has 0 aliphatic rings. The number of hydrogen-bond donors (Lipinski definition) is 1. The second-order valence-corrected chi connectivity index (χ2v) is 5.08. The van der Waals surface area contributed by atoms with Gasteiger partial charge in [0.2, 0.25) is 0 Å². The summed E-state index contributed by atoms with van der Waals surface area (Å²) in [5.41, 5.74) is 9.46. The lowest BCUT2D eigenvalue weighted by Crippen LogP contribution is -2.16. The van der Waals surface area contributed by atoms with Crippen LogP contribution in [0.1, 0.15) is 24.1 Å². The average Bonchev–Trinajstić information content (AvgIpc) is 2.48. The molecule has 0 spiro atoms. The van der Waals surface area contributed by atoms with E-state index in [1.54, 1.807) is 7.11 Å². The topological polar surface area (TPSA) is 38.5 Å². The summed E-state index contributed by atoms with van der Waals surface area (Å²) in [4.78, 5) is 2.22. The van der Waals surface area contributed by atoms with E-state index in [2.05, 4.69) is 48.3 Å². The van der Waals surface area contributed by atoms with Crippen LogP contribution in [0.15, 0.2) is 48.5 Å². The van der Waals surface area contributed by atoms with E-state index in [1.165, 1.54) is 11.3 Å². The Balaban J connectivity index is 2.04. The molecule has 0 amide bonds. The zero-order chi connectivity index (χ0) is 14.5. The molecule has 1 atom stereocenters. The quantitative estimate of drug-likeness (QED) is 0.905. The molecule has 2 N–H and O–H groups in total. The van der Waals surface area contributed by atoms with Crippen molar-refractivity contribution in [1.29, 1.82) is 0 Å². The van der Waals surface area contributed by atoms with Gasteiger partial charge in [-0.25, -0.2) is 0 Å². The zero-order valence-corrected chi connectivity index (χ0v) is 12.3. The molecule has 0 saturated heterocycles. The van der Waals surface area contributed by atoms with Crippen molar-refractivity contribution in [1.82, 2.24) is 0 Å². The first-order valence-corrected chi connectivity index (χ1v) is 6.80. The normalized spacial score (nSPS) is 12.0. The monoisotopic (exact) mass is 270 g/mol. The van der Waals surface area contributed by atoms with Crippen LogP contribution in [-0.4, -0.2) is 14.2 Å². The predicted octanol–water partition coefficient (Wildman–Crippen LogP) is 3.35. The lowest BCUT2D eigenvalue weighted by Gasteiger charge is -2.20. The van der Waals surface area contributed by atoms with Gasteiger partial charge < -0.3 is 15.4 Å². The minimum Gasteiger partial charge on any atom is -0.497 e. The van der Waals surface area contributed by atoms with E-state index in [0.29, 0.717) is 0 Å². The van der Waals surface area contributed by atoms with Crippen LogP contribution < -0.4 is 15.4 Å². The van der Waals surface area contributed by atoms with Crippen LogP contribution in [0, 0.1) is 0 Å². The van der Waals surface area contributed by atoms with Crippen LogP contribution >= 0.6 is 0 Å². The molecule has 1 unspecified atom stereocenters. The van der Waals surface area contributed by atoms with Gasteiger partial charge in [-0.1, -0.05) is 24.3 Å². The van der Waals surface area contributed by atoms with Gasteiger partial charge in [0.25, 0.3) is 0 Å². The summed E-state index contributed by atoms with van der Waals surface area (Å²) in [6.07, 6.45) is 0. The largest absolute Gasteiger partial charge is 0.497 e. The molecule has 2 rings (SSSR count). The van der Waals surface area contributed by atoms with Crippen LogP contribution in [0.4, 0.5) is 5.69 Å². The van der Waals surface area contributed by atoms with Gasteiger partial charge in [0, 0.05) is 25.3 Å². The number of rotatable bonds is 5. The lowest BCUT2D eigenvalue weighted by atomic mass is 10.1. The number of ether oxygens (including phenoxy) is 1. The van der Waals surface area contributed by atoms with Crippen molar-refractivity contribution in [3.63, 3.8) is 0 Å². The third-order valence-electron chi connectivity index (χ3n) is 3.44. The molecule has 0 aliphatic carbocycles. The van der Waals surface area contributed by atoms with Gasteiger partial charge >= 0.3 is 0 Å². The van der Waals surface area contributed by atoms with E-state index < -0.39 is 0 Å². The maximum Gasteiger partial charge on any atom is 0.118 e. The fourth-order valence-electron chi connectivity index (χ4n) is 2.13. The van der Waals surface area contributed by atoms with E-state index in [1.807, 2.05) is 19.1 Å². The summed E-state index contributed by atoms with van der Waals surface area (Å²) in [7, 11) is 3.77. The van der Waals surface area contributed by atoms with E-state index in [9.17, 15) is 0 Å². The van der Waals surface area contributed by atoms with E-state index in [0.717, 1.165) is 17.9 Å². The van der Waals surface area contributed by atoms with Gasteiger partial charge in [-0.3, -0.25) is 0 Å². The number of nitrogens with zero attached hydrogens (tertiary/aromatic N) is 1. The maximum absolute atomic E-state index is 5.87. The molecular weight excluding hydrogens is 248 g/mol. The molecule has 2 aromatic rings. The molecule has 0 aromatic heterocycles. The second kappa shape index (κ2) is 6.44. The number of nitrogens with two attached hydrogens (primary N) is 1. The van der Waals surface area contributed by atoms with Crippen molar-refractivity contribution in [3.05, 3.63) is 59.7 Å². The Morgan fingerprint density at radius 1 is 1.05 bits per heavy atom. The van der Waals surface area contributed by atoms with Crippen LogP contribution in [0.3, 0.4) is 0 Å². The van der Waals surface area contributed by atoms with Gasteiger partial charge in [0.1, 0.15) is 5.75 Å². The van der Waals surface area contributed by atoms with Crippen molar-refractivity contribution < 1.29 is 4.74 Å². The molecule has 0 heterocycles. The Morgan fingerprint density at radius 2 is 1.65 bits per heavy atom. The van der Waals surface area contributed by atoms with Crippen molar-refractivity contribution >= 4 is 5.69 Å². The van der Waals surface area contributed by atoms with E-state index in [-0.39, 0.29) is 6.04 Å². The van der Waals surface area contributed by atoms with Crippen LogP contribution in [0.5, 0.6) is 5.75 Å². The molecule has 2 aromatic carbocycles. The van der Waals surface area contributed by atoms with Gasteiger partial charge in [-0.05, 0) is 42.3 Å². The predicted molar refractivity (Wildman–Crippen MR) is 84.1 cm³/mol. The highest BCUT2D eigenvalue weighted by atomic mass is 16.5. The highest BCUT2D eigenvalue weighted by Gasteiger charge is 2.04. The fraction of sp³-hybridized carbons (Fsp3) is 0.294. The highest BCUT2D eigenvalue weighted by Crippen LogP contribution is 2.19. The molecule has 20 heavy (non-hydrogen) atoms. The summed E-state index contributed by atoms with van der Waals surface area (Å²) in [6, 6.07) is 16.6. The highest BCUT2D eigenvalue weighted by molar-refractivity contribution is 5.48. The minimum absolute atomic E-state index is 0.0796. The number of anilines is 1. The van der Waals surface area contributed by atoms with Gasteiger partial charge in [-0.15, -0.1) is 0 Å². The van der Waals surface area contributed by atoms with Crippen LogP contribution in [0.2, 0.25) is 0 Å². The molecular formula is C17H22N2O. The molecule has 0 aliphatic heterocycles. The third kappa shape index (κ3) is 3.52. The fourth-order valence-corrected chi connectivity index (χ4v) is 2.13. The molecule has 0 bridgehead atoms. The van der Waals surface area contributed by atoms with Gasteiger partial charge in [-0.2, -0.15) is 0 Å². The van der Waals surface area contributed by atoms with Crippen molar-refractivity contribution in [2.45, 2.75) is 19.5 Å². The van der Waals surface area contributed by atoms with E-state index in [4.69, 9.17) is 10.5 Å². The molecule has 0 saturated carbocycles. The average molecular weight is 270 g/mol.